The predicted molar refractivity (Wildman–Crippen MR) is 120 cm³/mol. The van der Waals surface area contributed by atoms with Gasteiger partial charge in [0, 0.05) is 5.92 Å². The highest BCUT2D eigenvalue weighted by Gasteiger charge is 2.40. The molecule has 9 heteroatoms. The molecular weight excluding hydrogens is 414 g/mol. The molecule has 0 heterocycles. The number of ketones is 2. The quantitative estimate of drug-likeness (QED) is 0.144. The topological polar surface area (TPSA) is 137 Å². The predicted octanol–water partition coefficient (Wildman–Crippen LogP) is 2.84. The average Bonchev–Trinajstić information content (AvgIpc) is 2.65. The summed E-state index contributed by atoms with van der Waals surface area (Å²) in [7, 11) is 0. The Morgan fingerprint density at radius 2 is 1.69 bits per heavy atom. The highest BCUT2D eigenvalue weighted by molar-refractivity contribution is 6.02. The number of Topliss-reactive ketones (excluding diaryl/α,β-unsaturated/α-hetero) is 2. The van der Waals surface area contributed by atoms with Crippen molar-refractivity contribution in [3.8, 4) is 0 Å². The lowest BCUT2D eigenvalue weighted by atomic mass is 9.75. The molecule has 1 aliphatic carbocycles. The molecule has 5 atom stereocenters. The van der Waals surface area contributed by atoms with E-state index < -0.39 is 35.4 Å². The molecule has 0 unspecified atom stereocenters. The van der Waals surface area contributed by atoms with Gasteiger partial charge in [-0.1, -0.05) is 34.1 Å². The number of primary amides is 1. The van der Waals surface area contributed by atoms with Crippen molar-refractivity contribution in [2.24, 2.45) is 35.3 Å². The van der Waals surface area contributed by atoms with Gasteiger partial charge in [0.05, 0.1) is 12.2 Å². The van der Waals surface area contributed by atoms with Gasteiger partial charge in [-0.2, -0.15) is 0 Å². The van der Waals surface area contributed by atoms with E-state index in [1.807, 2.05) is 0 Å². The first-order valence-corrected chi connectivity index (χ1v) is 11.3. The van der Waals surface area contributed by atoms with E-state index in [0.29, 0.717) is 11.8 Å². The summed E-state index contributed by atoms with van der Waals surface area (Å²) >= 11 is 0. The second kappa shape index (κ2) is 12.5. The van der Waals surface area contributed by atoms with E-state index >= 15 is 0 Å². The molecule has 0 radical (unpaired) electrons. The molecule has 0 aliphatic heterocycles. The van der Waals surface area contributed by atoms with Crippen LogP contribution in [-0.4, -0.2) is 36.3 Å². The summed E-state index contributed by atoms with van der Waals surface area (Å²) in [5, 5.41) is 0. The van der Waals surface area contributed by atoms with Crippen LogP contribution >= 0.6 is 0 Å². The third-order valence-electron chi connectivity index (χ3n) is 6.09. The van der Waals surface area contributed by atoms with E-state index in [2.05, 4.69) is 31.6 Å². The summed E-state index contributed by atoms with van der Waals surface area (Å²) < 4.78 is 11.4. The number of nitrogens with one attached hydrogen (secondary N) is 2. The molecule has 1 saturated carbocycles. The van der Waals surface area contributed by atoms with Crippen LogP contribution in [0, 0.1) is 29.6 Å². The second-order valence-corrected chi connectivity index (χ2v) is 9.02. The number of hydrogen-bond acceptors (Lipinski definition) is 7. The first-order valence-electron chi connectivity index (χ1n) is 11.3. The third-order valence-corrected chi connectivity index (χ3v) is 6.09. The number of carbonyl (C=O) groups excluding carboxylic acids is 4. The van der Waals surface area contributed by atoms with Gasteiger partial charge in [0.1, 0.15) is 17.8 Å². The number of allylic oxidation sites excluding steroid dienone is 1. The van der Waals surface area contributed by atoms with Crippen molar-refractivity contribution < 1.29 is 28.7 Å². The molecule has 182 valence electrons. The molecule has 1 aliphatic rings. The minimum Gasteiger partial charge on any atom is -0.478 e. The zero-order valence-electron chi connectivity index (χ0n) is 20.3. The number of hydrogen-bond donors (Lipinski definition) is 3. The lowest BCUT2D eigenvalue weighted by Crippen LogP contribution is -2.44. The minimum absolute atomic E-state index is 0.0586. The van der Waals surface area contributed by atoms with Gasteiger partial charge in [0.25, 0.3) is 0 Å². The summed E-state index contributed by atoms with van der Waals surface area (Å²) in [5.41, 5.74) is 9.79. The van der Waals surface area contributed by atoms with Gasteiger partial charge in [-0.15, -0.1) is 0 Å². The average molecular weight is 454 g/mol. The van der Waals surface area contributed by atoms with Crippen LogP contribution < -0.4 is 16.6 Å². The smallest absolute Gasteiger partial charge is 0.330 e. The van der Waals surface area contributed by atoms with E-state index in [-0.39, 0.29) is 30.1 Å². The Hall–Kier alpha value is -2.58. The molecule has 32 heavy (non-hydrogen) atoms. The number of carbonyl (C=O) groups is 4. The molecule has 0 spiro atoms. The minimum atomic E-state index is -1.19. The fourth-order valence-electron chi connectivity index (χ4n) is 4.49. The van der Waals surface area contributed by atoms with Crippen molar-refractivity contribution in [2.45, 2.75) is 73.8 Å². The van der Waals surface area contributed by atoms with Crippen LogP contribution in [-0.2, 0) is 23.9 Å². The van der Waals surface area contributed by atoms with Gasteiger partial charge in [0.2, 0.25) is 5.88 Å². The van der Waals surface area contributed by atoms with Crippen LogP contribution in [0.3, 0.4) is 0 Å². The monoisotopic (exact) mass is 453 g/mol. The van der Waals surface area contributed by atoms with Crippen molar-refractivity contribution in [1.82, 2.24) is 10.9 Å². The van der Waals surface area contributed by atoms with E-state index in [9.17, 15) is 19.2 Å². The maximum absolute atomic E-state index is 13.2. The molecule has 2 amide bonds. The van der Waals surface area contributed by atoms with Gasteiger partial charge in [-0.05, 0) is 51.4 Å². The molecule has 0 aromatic heterocycles. The van der Waals surface area contributed by atoms with Crippen molar-refractivity contribution in [3.63, 3.8) is 0 Å². The maximum Gasteiger partial charge on any atom is 0.330 e. The summed E-state index contributed by atoms with van der Waals surface area (Å²) in [4.78, 5) is 49.3. The number of esters is 1. The molecule has 0 aromatic carbocycles. The van der Waals surface area contributed by atoms with Gasteiger partial charge < -0.3 is 15.2 Å². The number of rotatable bonds is 11. The Bertz CT molecular complexity index is 733. The molecule has 0 saturated heterocycles. The van der Waals surface area contributed by atoms with E-state index in [0.717, 1.165) is 19.3 Å². The first-order chi connectivity index (χ1) is 14.9. The number of ether oxygens (including phenoxy) is 2. The van der Waals surface area contributed by atoms with Gasteiger partial charge in [-0.25, -0.2) is 10.2 Å². The molecular formula is C23H39N3O6. The van der Waals surface area contributed by atoms with Crippen molar-refractivity contribution in [3.05, 3.63) is 11.5 Å². The fraction of sp³-hybridized carbons (Fsp3) is 0.739. The Morgan fingerprint density at radius 1 is 1.06 bits per heavy atom. The lowest BCUT2D eigenvalue weighted by molar-refractivity contribution is -0.164. The Morgan fingerprint density at radius 3 is 2.16 bits per heavy atom. The zero-order valence-corrected chi connectivity index (χ0v) is 20.3. The lowest BCUT2D eigenvalue weighted by Gasteiger charge is -2.37. The van der Waals surface area contributed by atoms with Crippen LogP contribution in [0.2, 0.25) is 0 Å². The summed E-state index contributed by atoms with van der Waals surface area (Å²) in [5.74, 6) is -2.57. The third kappa shape index (κ3) is 7.53. The van der Waals surface area contributed by atoms with E-state index in [1.54, 1.807) is 13.8 Å². The number of urea groups is 1. The van der Waals surface area contributed by atoms with E-state index in [4.69, 9.17) is 15.2 Å². The zero-order chi connectivity index (χ0) is 24.6. The Balaban J connectivity index is 3.26. The van der Waals surface area contributed by atoms with E-state index in [1.165, 1.54) is 13.8 Å². The van der Waals surface area contributed by atoms with Crippen molar-refractivity contribution >= 4 is 23.6 Å². The SMILES string of the molecule is CCO/C(NNC(N)=O)=C(/C(C)=O)[C@@H](C)[C@@H](C(C)=O)C(=O)O[C@@H]1C[C@H](C)CC[C@@H]1C(C)C. The molecule has 0 bridgehead atoms. The van der Waals surface area contributed by atoms with Crippen LogP contribution in [0.15, 0.2) is 11.5 Å². The van der Waals surface area contributed by atoms with Crippen molar-refractivity contribution in [1.29, 1.82) is 0 Å². The largest absolute Gasteiger partial charge is 0.478 e. The summed E-state index contributed by atoms with van der Waals surface area (Å²) in [6.07, 6.45) is 2.52. The van der Waals surface area contributed by atoms with Crippen LogP contribution in [0.25, 0.3) is 0 Å². The first kappa shape index (κ1) is 27.5. The van der Waals surface area contributed by atoms with Crippen molar-refractivity contribution in [2.75, 3.05) is 6.61 Å². The normalized spacial score (nSPS) is 23.4. The molecule has 0 aromatic rings. The summed E-state index contributed by atoms with van der Waals surface area (Å²) in [6.45, 7) is 12.4. The maximum atomic E-state index is 13.2. The molecule has 1 fully saturated rings. The van der Waals surface area contributed by atoms with Crippen LogP contribution in [0.4, 0.5) is 4.79 Å². The number of nitrogens with two attached hydrogens (primary N) is 1. The molecule has 1 rings (SSSR count). The standard InChI is InChI=1S/C23H39N3O6/c1-8-31-21(25-26-23(24)30)19(15(6)27)14(5)20(16(7)28)22(29)32-18-11-13(4)9-10-17(18)12(2)3/h12-14,17-18,20,25H,8-11H2,1-7H3,(H3,24,26,30)/b21-19+/t13-,14-,17-,18-,20+/m1/s1. The number of amides is 2. The molecule has 9 nitrogen and oxygen atoms in total. The highest BCUT2D eigenvalue weighted by atomic mass is 16.5. The van der Waals surface area contributed by atoms with Gasteiger partial charge >= 0.3 is 12.0 Å². The highest BCUT2D eigenvalue weighted by Crippen LogP contribution is 2.36. The molecule has 4 N–H and O–H groups in total. The number of hydrazine groups is 1. The Kier molecular flexibility index (Phi) is 10.7. The fourth-order valence-corrected chi connectivity index (χ4v) is 4.49. The second-order valence-electron chi connectivity index (χ2n) is 9.02. The van der Waals surface area contributed by atoms with Gasteiger partial charge in [0.15, 0.2) is 5.78 Å². The van der Waals surface area contributed by atoms with Crippen LogP contribution in [0.5, 0.6) is 0 Å². The summed E-state index contributed by atoms with van der Waals surface area (Å²) in [6, 6.07) is -0.883. The van der Waals surface area contributed by atoms with Gasteiger partial charge in [-0.3, -0.25) is 19.8 Å². The Labute approximate surface area is 190 Å². The van der Waals surface area contributed by atoms with Crippen LogP contribution in [0.1, 0.15) is 67.7 Å².